The van der Waals surface area contributed by atoms with Crippen molar-refractivity contribution in [3.05, 3.63) is 0 Å². The van der Waals surface area contributed by atoms with Crippen LogP contribution in [0.5, 0.6) is 0 Å². The van der Waals surface area contributed by atoms with Gasteiger partial charge in [-0.2, -0.15) is 0 Å². The van der Waals surface area contributed by atoms with Gasteiger partial charge in [0.15, 0.2) is 0 Å². The van der Waals surface area contributed by atoms with Gasteiger partial charge in [0.25, 0.3) is 0 Å². The molecular formula is C13H25N3O3. The summed E-state index contributed by atoms with van der Waals surface area (Å²) in [5.74, 6) is -0.408. The van der Waals surface area contributed by atoms with Crippen LogP contribution < -0.4 is 16.0 Å². The number of carbonyl (C=O) groups excluding carboxylic acids is 3. The van der Waals surface area contributed by atoms with E-state index in [1.54, 1.807) is 0 Å². The number of rotatable bonds is 9. The quantitative estimate of drug-likeness (QED) is 0.528. The second-order valence-corrected chi connectivity index (χ2v) is 4.52. The van der Waals surface area contributed by atoms with Crippen molar-refractivity contribution in [1.29, 1.82) is 0 Å². The molecule has 3 amide bonds. The zero-order valence-corrected chi connectivity index (χ0v) is 12.0. The van der Waals surface area contributed by atoms with Crippen LogP contribution >= 0.6 is 0 Å². The van der Waals surface area contributed by atoms with E-state index in [9.17, 15) is 14.4 Å². The van der Waals surface area contributed by atoms with E-state index >= 15 is 0 Å². The molecule has 0 aliphatic rings. The highest BCUT2D eigenvalue weighted by Gasteiger charge is 2.18. The molecule has 19 heavy (non-hydrogen) atoms. The number of hydrogen-bond acceptors (Lipinski definition) is 3. The van der Waals surface area contributed by atoms with Gasteiger partial charge in [-0.25, -0.2) is 0 Å². The molecule has 6 heteroatoms. The number of unbranched alkanes of at least 4 members (excludes halogenated alkanes) is 1. The van der Waals surface area contributed by atoms with Gasteiger partial charge in [0, 0.05) is 26.9 Å². The molecule has 0 saturated heterocycles. The fourth-order valence-electron chi connectivity index (χ4n) is 1.62. The number of amides is 3. The van der Waals surface area contributed by atoms with Crippen molar-refractivity contribution in [2.45, 2.75) is 52.5 Å². The summed E-state index contributed by atoms with van der Waals surface area (Å²) in [6.45, 7) is 6.05. The maximum Gasteiger partial charge on any atom is 0.242 e. The summed E-state index contributed by atoms with van der Waals surface area (Å²) in [4.78, 5) is 33.6. The predicted octanol–water partition coefficient (Wildman–Crippen LogP) is 0.324. The molecule has 3 N–H and O–H groups in total. The van der Waals surface area contributed by atoms with E-state index in [1.165, 1.54) is 13.8 Å². The molecule has 0 spiro atoms. The maximum atomic E-state index is 11.8. The Morgan fingerprint density at radius 2 is 1.63 bits per heavy atom. The molecule has 1 unspecified atom stereocenters. The minimum Gasteiger partial charge on any atom is -0.356 e. The van der Waals surface area contributed by atoms with Crippen LogP contribution in [0.2, 0.25) is 0 Å². The molecule has 0 aliphatic heterocycles. The molecule has 0 aromatic heterocycles. The van der Waals surface area contributed by atoms with Gasteiger partial charge in [0.1, 0.15) is 6.04 Å². The molecule has 6 nitrogen and oxygen atoms in total. The predicted molar refractivity (Wildman–Crippen MR) is 73.4 cm³/mol. The fourth-order valence-corrected chi connectivity index (χ4v) is 1.62. The molecule has 0 bridgehead atoms. The van der Waals surface area contributed by atoms with E-state index in [1.807, 2.05) is 6.92 Å². The molecule has 0 aliphatic carbocycles. The lowest BCUT2D eigenvalue weighted by Gasteiger charge is -2.17. The van der Waals surface area contributed by atoms with E-state index in [4.69, 9.17) is 0 Å². The number of carbonyl (C=O) groups is 3. The second-order valence-electron chi connectivity index (χ2n) is 4.52. The van der Waals surface area contributed by atoms with Gasteiger partial charge < -0.3 is 16.0 Å². The first kappa shape index (κ1) is 17.4. The summed E-state index contributed by atoms with van der Waals surface area (Å²) >= 11 is 0. The Morgan fingerprint density at radius 1 is 0.947 bits per heavy atom. The van der Waals surface area contributed by atoms with Gasteiger partial charge in [-0.1, -0.05) is 6.92 Å². The minimum atomic E-state index is -0.485. The largest absolute Gasteiger partial charge is 0.356 e. The van der Waals surface area contributed by atoms with Crippen LogP contribution in [0.3, 0.4) is 0 Å². The van der Waals surface area contributed by atoms with Gasteiger partial charge in [0.05, 0.1) is 0 Å². The first-order valence-corrected chi connectivity index (χ1v) is 6.76. The zero-order chi connectivity index (χ0) is 14.7. The van der Waals surface area contributed by atoms with Crippen molar-refractivity contribution in [2.24, 2.45) is 0 Å². The Morgan fingerprint density at radius 3 is 2.16 bits per heavy atom. The lowest BCUT2D eigenvalue weighted by atomic mass is 10.1. The van der Waals surface area contributed by atoms with E-state index in [-0.39, 0.29) is 17.7 Å². The summed E-state index contributed by atoms with van der Waals surface area (Å²) in [5, 5.41) is 8.12. The summed E-state index contributed by atoms with van der Waals surface area (Å²) in [5.41, 5.74) is 0. The molecule has 0 saturated carbocycles. The van der Waals surface area contributed by atoms with Gasteiger partial charge in [-0.15, -0.1) is 0 Å². The highest BCUT2D eigenvalue weighted by atomic mass is 16.2. The number of nitrogens with one attached hydrogen (secondary N) is 3. The molecule has 0 aromatic rings. The summed E-state index contributed by atoms with van der Waals surface area (Å²) < 4.78 is 0. The Labute approximate surface area is 114 Å². The Bertz CT molecular complexity index is 306. The number of hydrogen-bond donors (Lipinski definition) is 3. The van der Waals surface area contributed by atoms with Gasteiger partial charge >= 0.3 is 0 Å². The van der Waals surface area contributed by atoms with E-state index < -0.39 is 6.04 Å². The van der Waals surface area contributed by atoms with Crippen molar-refractivity contribution in [3.8, 4) is 0 Å². The van der Waals surface area contributed by atoms with Crippen LogP contribution in [-0.2, 0) is 14.4 Å². The smallest absolute Gasteiger partial charge is 0.242 e. The third-order valence-electron chi connectivity index (χ3n) is 2.54. The molecule has 0 rings (SSSR count). The topological polar surface area (TPSA) is 87.3 Å². The van der Waals surface area contributed by atoms with E-state index in [2.05, 4.69) is 16.0 Å². The van der Waals surface area contributed by atoms with E-state index in [0.29, 0.717) is 19.5 Å². The summed E-state index contributed by atoms with van der Waals surface area (Å²) in [7, 11) is 0. The first-order valence-electron chi connectivity index (χ1n) is 6.76. The Balaban J connectivity index is 4.02. The van der Waals surface area contributed by atoms with E-state index in [0.717, 1.165) is 19.3 Å². The van der Waals surface area contributed by atoms with Crippen molar-refractivity contribution < 1.29 is 14.4 Å². The molecule has 110 valence electrons. The van der Waals surface area contributed by atoms with Crippen LogP contribution in [0.4, 0.5) is 0 Å². The highest BCUT2D eigenvalue weighted by molar-refractivity contribution is 5.86. The fraction of sp³-hybridized carbons (Fsp3) is 0.769. The average Bonchev–Trinajstić information content (AvgIpc) is 2.33. The Kier molecular flexibility index (Phi) is 9.48. The van der Waals surface area contributed by atoms with Gasteiger partial charge in [-0.3, -0.25) is 14.4 Å². The minimum absolute atomic E-state index is 0.0564. The summed E-state index contributed by atoms with van der Waals surface area (Å²) in [6.07, 6.45) is 3.00. The standard InChI is InChI=1S/C13H25N3O3/c1-4-8-15-13(19)12(16-11(3)18)7-5-6-9-14-10(2)17/h12H,4-9H2,1-3H3,(H,14,17)(H,15,19)(H,16,18). The lowest BCUT2D eigenvalue weighted by molar-refractivity contribution is -0.128. The van der Waals surface area contributed by atoms with Crippen molar-refractivity contribution >= 4 is 17.7 Å². The SMILES string of the molecule is CCCNC(=O)C(CCCCNC(C)=O)NC(C)=O. The molecular weight excluding hydrogens is 246 g/mol. The van der Waals surface area contributed by atoms with Gasteiger partial charge in [-0.05, 0) is 25.7 Å². The lowest BCUT2D eigenvalue weighted by Crippen LogP contribution is -2.46. The third-order valence-corrected chi connectivity index (χ3v) is 2.54. The van der Waals surface area contributed by atoms with Crippen molar-refractivity contribution in [3.63, 3.8) is 0 Å². The zero-order valence-electron chi connectivity index (χ0n) is 12.0. The summed E-state index contributed by atoms with van der Waals surface area (Å²) in [6, 6.07) is -0.485. The molecule has 0 fully saturated rings. The molecule has 0 radical (unpaired) electrons. The Hall–Kier alpha value is -1.59. The maximum absolute atomic E-state index is 11.8. The molecule has 0 aromatic carbocycles. The highest BCUT2D eigenvalue weighted by Crippen LogP contribution is 2.01. The third kappa shape index (κ3) is 10.1. The van der Waals surface area contributed by atoms with Crippen LogP contribution in [0, 0.1) is 0 Å². The van der Waals surface area contributed by atoms with Gasteiger partial charge in [0.2, 0.25) is 17.7 Å². The second kappa shape index (κ2) is 10.3. The van der Waals surface area contributed by atoms with Crippen LogP contribution in [0.15, 0.2) is 0 Å². The van der Waals surface area contributed by atoms with Crippen LogP contribution in [-0.4, -0.2) is 36.9 Å². The van der Waals surface area contributed by atoms with Crippen molar-refractivity contribution in [2.75, 3.05) is 13.1 Å². The molecule has 0 heterocycles. The average molecular weight is 271 g/mol. The molecule has 1 atom stereocenters. The van der Waals surface area contributed by atoms with Crippen molar-refractivity contribution in [1.82, 2.24) is 16.0 Å². The van der Waals surface area contributed by atoms with Crippen LogP contribution in [0.25, 0.3) is 0 Å². The normalized spacial score (nSPS) is 11.5. The van der Waals surface area contributed by atoms with Crippen LogP contribution in [0.1, 0.15) is 46.5 Å². The monoisotopic (exact) mass is 271 g/mol. The first-order chi connectivity index (χ1) is 8.97.